The number of nitrogens with two attached hydrogens (primary N) is 1. The van der Waals surface area contributed by atoms with Gasteiger partial charge in [-0.2, -0.15) is 0 Å². The number of amides is 1. The Hall–Kier alpha value is -2.07. The Morgan fingerprint density at radius 1 is 1.11 bits per heavy atom. The Bertz CT molecular complexity index is 526. The average molecular weight is 243 g/mol. The average Bonchev–Trinajstić information content (AvgIpc) is 2.70. The SMILES string of the molecule is Cc1ccc(C)n1NC(=O)[C@H](N)c1ccccc1. The van der Waals surface area contributed by atoms with Gasteiger partial charge in [-0.05, 0) is 31.5 Å². The maximum Gasteiger partial charge on any atom is 0.260 e. The van der Waals surface area contributed by atoms with Gasteiger partial charge in [-0.1, -0.05) is 30.3 Å². The molecule has 1 amide bonds. The van der Waals surface area contributed by atoms with E-state index in [0.717, 1.165) is 17.0 Å². The summed E-state index contributed by atoms with van der Waals surface area (Å²) in [5.41, 5.74) is 11.5. The first-order valence-corrected chi connectivity index (χ1v) is 5.86. The summed E-state index contributed by atoms with van der Waals surface area (Å²) in [6.07, 6.45) is 0. The second-order valence-corrected chi connectivity index (χ2v) is 4.32. The molecule has 1 aromatic heterocycles. The minimum absolute atomic E-state index is 0.219. The van der Waals surface area contributed by atoms with Gasteiger partial charge in [0, 0.05) is 11.4 Å². The molecule has 0 aliphatic rings. The third kappa shape index (κ3) is 2.43. The number of benzene rings is 1. The third-order valence-electron chi connectivity index (χ3n) is 2.93. The zero-order valence-corrected chi connectivity index (χ0v) is 10.6. The first-order valence-electron chi connectivity index (χ1n) is 5.86. The van der Waals surface area contributed by atoms with Crippen LogP contribution >= 0.6 is 0 Å². The van der Waals surface area contributed by atoms with E-state index in [4.69, 9.17) is 5.73 Å². The molecule has 0 unspecified atom stereocenters. The molecule has 4 nitrogen and oxygen atoms in total. The van der Waals surface area contributed by atoms with Crippen LogP contribution in [0.3, 0.4) is 0 Å². The maximum absolute atomic E-state index is 12.1. The maximum atomic E-state index is 12.1. The molecule has 0 fully saturated rings. The molecule has 3 N–H and O–H groups in total. The summed E-state index contributed by atoms with van der Waals surface area (Å²) in [5.74, 6) is -0.219. The first-order chi connectivity index (χ1) is 8.59. The normalized spacial score (nSPS) is 12.2. The fourth-order valence-electron chi connectivity index (χ4n) is 1.84. The van der Waals surface area contributed by atoms with Crippen molar-refractivity contribution >= 4 is 5.91 Å². The van der Waals surface area contributed by atoms with Crippen molar-refractivity contribution < 1.29 is 4.79 Å². The van der Waals surface area contributed by atoms with Crippen molar-refractivity contribution in [3.05, 3.63) is 59.4 Å². The fraction of sp³-hybridized carbons (Fsp3) is 0.214. The van der Waals surface area contributed by atoms with Crippen molar-refractivity contribution in [2.24, 2.45) is 5.73 Å². The summed E-state index contributed by atoms with van der Waals surface area (Å²) < 4.78 is 1.74. The molecule has 0 spiro atoms. The van der Waals surface area contributed by atoms with Gasteiger partial charge in [0.2, 0.25) is 0 Å². The lowest BCUT2D eigenvalue weighted by molar-refractivity contribution is -0.118. The largest absolute Gasteiger partial charge is 0.316 e. The highest BCUT2D eigenvalue weighted by atomic mass is 16.2. The van der Waals surface area contributed by atoms with Crippen LogP contribution in [0.2, 0.25) is 0 Å². The molecular weight excluding hydrogens is 226 g/mol. The summed E-state index contributed by atoms with van der Waals surface area (Å²) in [5, 5.41) is 0. The Morgan fingerprint density at radius 2 is 1.67 bits per heavy atom. The molecule has 94 valence electrons. The lowest BCUT2D eigenvalue weighted by Crippen LogP contribution is -2.33. The number of aryl methyl sites for hydroxylation is 2. The smallest absolute Gasteiger partial charge is 0.260 e. The van der Waals surface area contributed by atoms with Crippen molar-refractivity contribution in [3.63, 3.8) is 0 Å². The van der Waals surface area contributed by atoms with Crippen LogP contribution in [0.15, 0.2) is 42.5 Å². The molecule has 2 rings (SSSR count). The first kappa shape index (κ1) is 12.4. The number of hydrogen-bond donors (Lipinski definition) is 2. The molecule has 2 aromatic rings. The number of hydrogen-bond acceptors (Lipinski definition) is 2. The lowest BCUT2D eigenvalue weighted by Gasteiger charge is -2.15. The van der Waals surface area contributed by atoms with Crippen molar-refractivity contribution in [3.8, 4) is 0 Å². The molecule has 18 heavy (non-hydrogen) atoms. The van der Waals surface area contributed by atoms with Crippen LogP contribution in [0.4, 0.5) is 0 Å². The van der Waals surface area contributed by atoms with Crippen LogP contribution in [-0.2, 0) is 4.79 Å². The van der Waals surface area contributed by atoms with Gasteiger partial charge in [-0.25, -0.2) is 0 Å². The minimum Gasteiger partial charge on any atom is -0.316 e. The number of carbonyl (C=O) groups excluding carboxylic acids is 1. The fourth-order valence-corrected chi connectivity index (χ4v) is 1.84. The Balaban J connectivity index is 2.14. The van der Waals surface area contributed by atoms with Crippen LogP contribution in [0, 0.1) is 13.8 Å². The predicted molar refractivity (Wildman–Crippen MR) is 71.6 cm³/mol. The van der Waals surface area contributed by atoms with Crippen LogP contribution in [0.25, 0.3) is 0 Å². The summed E-state index contributed by atoms with van der Waals surface area (Å²) in [6, 6.07) is 12.6. The lowest BCUT2D eigenvalue weighted by atomic mass is 10.1. The summed E-state index contributed by atoms with van der Waals surface area (Å²) in [6.45, 7) is 3.86. The number of aromatic nitrogens is 1. The van der Waals surface area contributed by atoms with Crippen molar-refractivity contribution in [1.29, 1.82) is 0 Å². The van der Waals surface area contributed by atoms with Gasteiger partial charge in [0.15, 0.2) is 0 Å². The van der Waals surface area contributed by atoms with Gasteiger partial charge >= 0.3 is 0 Å². The molecule has 1 heterocycles. The molecule has 0 saturated heterocycles. The van der Waals surface area contributed by atoms with Crippen LogP contribution < -0.4 is 11.2 Å². The van der Waals surface area contributed by atoms with E-state index in [-0.39, 0.29) is 5.91 Å². The Kier molecular flexibility index (Phi) is 3.48. The molecule has 0 bridgehead atoms. The predicted octanol–water partition coefficient (Wildman–Crippen LogP) is 1.88. The van der Waals surface area contributed by atoms with Crippen molar-refractivity contribution in [1.82, 2.24) is 4.68 Å². The monoisotopic (exact) mass is 243 g/mol. The zero-order chi connectivity index (χ0) is 13.1. The quantitative estimate of drug-likeness (QED) is 0.864. The molecular formula is C14H17N3O. The minimum atomic E-state index is -0.660. The second-order valence-electron chi connectivity index (χ2n) is 4.32. The van der Waals surface area contributed by atoms with E-state index in [0.29, 0.717) is 0 Å². The van der Waals surface area contributed by atoms with E-state index in [9.17, 15) is 4.79 Å². The molecule has 0 saturated carbocycles. The van der Waals surface area contributed by atoms with E-state index >= 15 is 0 Å². The highest BCUT2D eigenvalue weighted by Gasteiger charge is 2.16. The highest BCUT2D eigenvalue weighted by Crippen LogP contribution is 2.11. The van der Waals surface area contributed by atoms with Crippen LogP contribution in [0.5, 0.6) is 0 Å². The summed E-state index contributed by atoms with van der Waals surface area (Å²) in [4.78, 5) is 12.1. The summed E-state index contributed by atoms with van der Waals surface area (Å²) >= 11 is 0. The number of carbonyl (C=O) groups is 1. The number of nitrogens with one attached hydrogen (secondary N) is 1. The van der Waals surface area contributed by atoms with E-state index in [2.05, 4.69) is 5.43 Å². The van der Waals surface area contributed by atoms with Gasteiger partial charge in [0.05, 0.1) is 0 Å². The van der Waals surface area contributed by atoms with E-state index in [1.807, 2.05) is 56.3 Å². The van der Waals surface area contributed by atoms with E-state index in [1.165, 1.54) is 0 Å². The van der Waals surface area contributed by atoms with Gasteiger partial charge in [0.1, 0.15) is 6.04 Å². The van der Waals surface area contributed by atoms with E-state index in [1.54, 1.807) is 4.68 Å². The summed E-state index contributed by atoms with van der Waals surface area (Å²) in [7, 11) is 0. The van der Waals surface area contributed by atoms with Crippen LogP contribution in [0.1, 0.15) is 23.0 Å². The second kappa shape index (κ2) is 5.06. The van der Waals surface area contributed by atoms with Gasteiger partial charge in [0.25, 0.3) is 5.91 Å². The number of nitrogens with zero attached hydrogens (tertiary/aromatic N) is 1. The van der Waals surface area contributed by atoms with Crippen molar-refractivity contribution in [2.45, 2.75) is 19.9 Å². The van der Waals surface area contributed by atoms with Gasteiger partial charge in [-0.15, -0.1) is 0 Å². The van der Waals surface area contributed by atoms with Gasteiger partial charge in [-0.3, -0.25) is 14.9 Å². The molecule has 4 heteroatoms. The standard InChI is InChI=1S/C14H17N3O/c1-10-8-9-11(2)17(10)16-14(18)13(15)12-6-4-3-5-7-12/h3-9,13H,15H2,1-2H3,(H,16,18)/t13-/m1/s1. The molecule has 1 atom stereocenters. The Morgan fingerprint density at radius 3 is 2.22 bits per heavy atom. The van der Waals surface area contributed by atoms with Crippen LogP contribution in [-0.4, -0.2) is 10.6 Å². The highest BCUT2D eigenvalue weighted by molar-refractivity contribution is 5.89. The Labute approximate surface area is 106 Å². The topological polar surface area (TPSA) is 60.0 Å². The zero-order valence-electron chi connectivity index (χ0n) is 10.6. The molecule has 1 aromatic carbocycles. The molecule has 0 radical (unpaired) electrons. The third-order valence-corrected chi connectivity index (χ3v) is 2.93. The van der Waals surface area contributed by atoms with Gasteiger partial charge < -0.3 is 5.73 Å². The van der Waals surface area contributed by atoms with E-state index < -0.39 is 6.04 Å². The molecule has 0 aliphatic carbocycles. The van der Waals surface area contributed by atoms with Crippen molar-refractivity contribution in [2.75, 3.05) is 5.43 Å². The number of rotatable bonds is 3. The molecule has 0 aliphatic heterocycles.